The van der Waals surface area contributed by atoms with Crippen molar-refractivity contribution in [1.29, 1.82) is 0 Å². The molecule has 1 aromatic carbocycles. The number of halogens is 1. The average Bonchev–Trinajstić information content (AvgIpc) is 2.99. The van der Waals surface area contributed by atoms with Crippen LogP contribution in [0.5, 0.6) is 0 Å². The van der Waals surface area contributed by atoms with Gasteiger partial charge in [0.25, 0.3) is 0 Å². The fourth-order valence-corrected chi connectivity index (χ4v) is 2.45. The van der Waals surface area contributed by atoms with E-state index in [0.717, 1.165) is 11.5 Å². The van der Waals surface area contributed by atoms with Crippen molar-refractivity contribution in [2.75, 3.05) is 0 Å². The number of cyclic esters (lactones) is 1. The van der Waals surface area contributed by atoms with Gasteiger partial charge in [-0.3, -0.25) is 0 Å². The van der Waals surface area contributed by atoms with Gasteiger partial charge < -0.3 is 4.74 Å². The summed E-state index contributed by atoms with van der Waals surface area (Å²) in [4.78, 5) is 16.7. The van der Waals surface area contributed by atoms with Crippen LogP contribution in [0.3, 0.4) is 0 Å². The van der Waals surface area contributed by atoms with Gasteiger partial charge in [0, 0.05) is 5.02 Å². The molecule has 1 aliphatic heterocycles. The van der Waals surface area contributed by atoms with E-state index in [1.54, 1.807) is 25.1 Å². The molecule has 0 aliphatic carbocycles. The maximum absolute atomic E-state index is 11.8. The van der Waals surface area contributed by atoms with E-state index in [0.29, 0.717) is 21.2 Å². The van der Waals surface area contributed by atoms with Gasteiger partial charge in [-0.2, -0.15) is 0 Å². The van der Waals surface area contributed by atoms with E-state index in [1.165, 1.54) is 0 Å². The molecular weight excluding hydrogens is 298 g/mol. The highest BCUT2D eigenvalue weighted by molar-refractivity contribution is 7.08. The van der Waals surface area contributed by atoms with Crippen LogP contribution >= 0.6 is 23.1 Å². The van der Waals surface area contributed by atoms with Crippen LogP contribution in [0, 0.1) is 6.92 Å². The second-order valence-electron chi connectivity index (χ2n) is 4.05. The van der Waals surface area contributed by atoms with Gasteiger partial charge >= 0.3 is 5.97 Å². The van der Waals surface area contributed by atoms with Crippen molar-refractivity contribution >= 4 is 41.1 Å². The number of hydrogen-bond acceptors (Lipinski definition) is 6. The van der Waals surface area contributed by atoms with Crippen molar-refractivity contribution in [3.8, 4) is 0 Å². The van der Waals surface area contributed by atoms with Crippen molar-refractivity contribution in [3.05, 3.63) is 51.1 Å². The van der Waals surface area contributed by atoms with Gasteiger partial charge in [0.1, 0.15) is 4.88 Å². The molecule has 7 heteroatoms. The summed E-state index contributed by atoms with van der Waals surface area (Å²) < 4.78 is 8.93. The molecule has 3 rings (SSSR count). The number of nitrogens with zero attached hydrogens (tertiary/aromatic N) is 3. The summed E-state index contributed by atoms with van der Waals surface area (Å²) in [5, 5.41) is 4.41. The molecule has 0 saturated heterocycles. The number of aryl methyl sites for hydroxylation is 1. The number of aliphatic imine (C=N–C) groups is 1. The minimum Gasteiger partial charge on any atom is -0.401 e. The Bertz CT molecular complexity index is 752. The molecule has 0 spiro atoms. The van der Waals surface area contributed by atoms with Crippen LogP contribution in [0.1, 0.15) is 16.1 Å². The zero-order valence-corrected chi connectivity index (χ0v) is 11.9. The second-order valence-corrected chi connectivity index (χ2v) is 5.21. The molecule has 0 atom stereocenters. The standard InChI is InChI=1S/C13H8ClN3O2S/c1-7-11(20-17-16-7)12-15-10(13(18)19-12)6-8-4-2-3-5-9(8)14/h2-6H,1H3/b10-6+. The third kappa shape index (κ3) is 2.35. The van der Waals surface area contributed by atoms with E-state index in [1.807, 2.05) is 12.1 Å². The Morgan fingerprint density at radius 2 is 2.15 bits per heavy atom. The first-order valence-electron chi connectivity index (χ1n) is 5.71. The van der Waals surface area contributed by atoms with Crippen molar-refractivity contribution in [2.45, 2.75) is 6.92 Å². The molecular formula is C13H8ClN3O2S. The number of rotatable bonds is 2. The molecule has 20 heavy (non-hydrogen) atoms. The monoisotopic (exact) mass is 305 g/mol. The molecule has 100 valence electrons. The lowest BCUT2D eigenvalue weighted by Gasteiger charge is -1.96. The molecule has 1 aromatic heterocycles. The van der Waals surface area contributed by atoms with Gasteiger partial charge in [0.2, 0.25) is 5.90 Å². The van der Waals surface area contributed by atoms with Crippen molar-refractivity contribution in [2.24, 2.45) is 4.99 Å². The van der Waals surface area contributed by atoms with Crippen molar-refractivity contribution in [3.63, 3.8) is 0 Å². The zero-order valence-electron chi connectivity index (χ0n) is 10.3. The minimum atomic E-state index is -0.507. The molecule has 5 nitrogen and oxygen atoms in total. The first-order valence-corrected chi connectivity index (χ1v) is 6.86. The fraction of sp³-hybridized carbons (Fsp3) is 0.0769. The summed E-state index contributed by atoms with van der Waals surface area (Å²) in [6, 6.07) is 7.20. The third-order valence-corrected chi connectivity index (χ3v) is 3.82. The summed E-state index contributed by atoms with van der Waals surface area (Å²) in [6.45, 7) is 1.78. The maximum Gasteiger partial charge on any atom is 0.363 e. The Balaban J connectivity index is 1.99. The van der Waals surface area contributed by atoms with E-state index in [2.05, 4.69) is 14.6 Å². The van der Waals surface area contributed by atoms with E-state index in [4.69, 9.17) is 16.3 Å². The van der Waals surface area contributed by atoms with Gasteiger partial charge in [-0.1, -0.05) is 34.3 Å². The maximum atomic E-state index is 11.8. The number of aromatic nitrogens is 2. The van der Waals surface area contributed by atoms with Crippen molar-refractivity contribution in [1.82, 2.24) is 9.59 Å². The lowest BCUT2D eigenvalue weighted by Crippen LogP contribution is -2.05. The summed E-state index contributed by atoms with van der Waals surface area (Å²) in [5.74, 6) is -0.270. The van der Waals surface area contributed by atoms with E-state index < -0.39 is 5.97 Å². The van der Waals surface area contributed by atoms with Gasteiger partial charge in [-0.25, -0.2) is 9.79 Å². The highest BCUT2D eigenvalue weighted by atomic mass is 35.5. The molecule has 2 heterocycles. The molecule has 2 aromatic rings. The number of carbonyl (C=O) groups excluding carboxylic acids is 1. The molecule has 0 N–H and O–H groups in total. The summed E-state index contributed by atoms with van der Waals surface area (Å²) in [6.07, 6.45) is 1.60. The van der Waals surface area contributed by atoms with E-state index >= 15 is 0 Å². The summed E-state index contributed by atoms with van der Waals surface area (Å²) in [5.41, 5.74) is 1.60. The molecule has 0 fully saturated rings. The number of benzene rings is 1. The number of carbonyl (C=O) groups is 1. The van der Waals surface area contributed by atoms with Gasteiger partial charge in [0.05, 0.1) is 5.69 Å². The Hall–Kier alpha value is -2.05. The fourth-order valence-electron chi connectivity index (χ4n) is 1.67. The Morgan fingerprint density at radius 3 is 2.85 bits per heavy atom. The zero-order chi connectivity index (χ0) is 14.1. The lowest BCUT2D eigenvalue weighted by molar-refractivity contribution is -0.129. The topological polar surface area (TPSA) is 64.4 Å². The van der Waals surface area contributed by atoms with Crippen molar-refractivity contribution < 1.29 is 9.53 Å². The molecule has 0 bridgehead atoms. The normalized spacial score (nSPS) is 16.4. The van der Waals surface area contributed by atoms with Gasteiger partial charge in [0.15, 0.2) is 5.70 Å². The molecule has 0 radical (unpaired) electrons. The molecule has 0 amide bonds. The average molecular weight is 306 g/mol. The third-order valence-electron chi connectivity index (χ3n) is 2.66. The van der Waals surface area contributed by atoms with E-state index in [9.17, 15) is 4.79 Å². The number of hydrogen-bond donors (Lipinski definition) is 0. The predicted molar refractivity (Wildman–Crippen MR) is 76.7 cm³/mol. The first-order chi connectivity index (χ1) is 9.65. The Kier molecular flexibility index (Phi) is 3.33. The highest BCUT2D eigenvalue weighted by Gasteiger charge is 2.27. The minimum absolute atomic E-state index is 0.209. The van der Waals surface area contributed by atoms with Crippen LogP contribution in [0.25, 0.3) is 6.08 Å². The van der Waals surface area contributed by atoms with Gasteiger partial charge in [-0.05, 0) is 36.2 Å². The van der Waals surface area contributed by atoms with Crippen LogP contribution in [-0.4, -0.2) is 21.5 Å². The van der Waals surface area contributed by atoms with Crippen LogP contribution in [0.15, 0.2) is 35.0 Å². The first kappa shape index (κ1) is 13.0. The van der Waals surface area contributed by atoms with Gasteiger partial charge in [-0.15, -0.1) is 5.10 Å². The second kappa shape index (κ2) is 5.15. The quantitative estimate of drug-likeness (QED) is 0.632. The smallest absolute Gasteiger partial charge is 0.363 e. The van der Waals surface area contributed by atoms with Crippen LogP contribution < -0.4 is 0 Å². The predicted octanol–water partition coefficient (Wildman–Crippen LogP) is 2.84. The van der Waals surface area contributed by atoms with E-state index in [-0.39, 0.29) is 11.6 Å². The van der Waals surface area contributed by atoms with Crippen LogP contribution in [0.2, 0.25) is 5.02 Å². The van der Waals surface area contributed by atoms with Crippen LogP contribution in [0.4, 0.5) is 0 Å². The molecule has 0 saturated carbocycles. The molecule has 1 aliphatic rings. The summed E-state index contributed by atoms with van der Waals surface area (Å²) in [7, 11) is 0. The Morgan fingerprint density at radius 1 is 1.35 bits per heavy atom. The van der Waals surface area contributed by atoms with Crippen LogP contribution in [-0.2, 0) is 9.53 Å². The summed E-state index contributed by atoms with van der Waals surface area (Å²) >= 11 is 7.19. The number of esters is 1. The highest BCUT2D eigenvalue weighted by Crippen LogP contribution is 2.24. The SMILES string of the molecule is Cc1nnsc1C1=N/C(=C/c2ccccc2Cl)C(=O)O1. The largest absolute Gasteiger partial charge is 0.401 e. The number of ether oxygens (including phenoxy) is 1. The Labute approximate surface area is 123 Å². The lowest BCUT2D eigenvalue weighted by atomic mass is 10.2. The molecule has 0 unspecified atom stereocenters.